The van der Waals surface area contributed by atoms with E-state index in [0.29, 0.717) is 30.3 Å². The predicted octanol–water partition coefficient (Wildman–Crippen LogP) is 1.23. The molecule has 19 heavy (non-hydrogen) atoms. The van der Waals surface area contributed by atoms with Gasteiger partial charge in [-0.3, -0.25) is 4.79 Å². The highest BCUT2D eigenvalue weighted by molar-refractivity contribution is 6.33. The number of carbonyl (C=O) groups is 1. The average molecular weight is 285 g/mol. The lowest BCUT2D eigenvalue weighted by Gasteiger charge is -2.37. The minimum absolute atomic E-state index is 0.0176. The third kappa shape index (κ3) is 3.00. The first-order valence-electron chi connectivity index (χ1n) is 6.14. The lowest BCUT2D eigenvalue weighted by Crippen LogP contribution is -2.52. The molecule has 104 valence electrons. The maximum absolute atomic E-state index is 12.5. The fourth-order valence-corrected chi connectivity index (χ4v) is 2.27. The maximum atomic E-state index is 12.5. The van der Waals surface area contributed by atoms with Crippen LogP contribution >= 0.6 is 11.6 Å². The summed E-state index contributed by atoms with van der Waals surface area (Å²) < 4.78 is 5.51. The normalized spacial score (nSPS) is 23.4. The van der Waals surface area contributed by atoms with Crippen molar-refractivity contribution in [3.05, 3.63) is 28.8 Å². The van der Waals surface area contributed by atoms with Crippen molar-refractivity contribution >= 4 is 17.5 Å². The summed E-state index contributed by atoms with van der Waals surface area (Å²) in [5, 5.41) is 9.80. The van der Waals surface area contributed by atoms with Crippen molar-refractivity contribution < 1.29 is 14.6 Å². The van der Waals surface area contributed by atoms with E-state index in [4.69, 9.17) is 22.1 Å². The summed E-state index contributed by atoms with van der Waals surface area (Å²) in [6.45, 7) is 3.15. The van der Waals surface area contributed by atoms with Crippen molar-refractivity contribution in [3.63, 3.8) is 0 Å². The van der Waals surface area contributed by atoms with Gasteiger partial charge in [0.15, 0.2) is 0 Å². The van der Waals surface area contributed by atoms with Gasteiger partial charge in [0.2, 0.25) is 0 Å². The van der Waals surface area contributed by atoms with Gasteiger partial charge in [-0.15, -0.1) is 0 Å². The molecule has 2 rings (SSSR count). The molecule has 6 heteroatoms. The maximum Gasteiger partial charge on any atom is 0.255 e. The zero-order valence-electron chi connectivity index (χ0n) is 10.7. The summed E-state index contributed by atoms with van der Waals surface area (Å²) in [4.78, 5) is 14.2. The van der Waals surface area contributed by atoms with Crippen LogP contribution in [-0.2, 0) is 4.74 Å². The Bertz CT molecular complexity index is 481. The number of nitrogens with zero attached hydrogens (tertiary/aromatic N) is 1. The smallest absolute Gasteiger partial charge is 0.255 e. The Kier molecular flexibility index (Phi) is 4.29. The van der Waals surface area contributed by atoms with Gasteiger partial charge in [-0.25, -0.2) is 0 Å². The summed E-state index contributed by atoms with van der Waals surface area (Å²) in [5.74, 6) is -0.195. The lowest BCUT2D eigenvalue weighted by molar-refractivity contribution is -0.0426. The Morgan fingerprint density at radius 2 is 2.37 bits per heavy atom. The van der Waals surface area contributed by atoms with E-state index >= 15 is 0 Å². The van der Waals surface area contributed by atoms with Crippen LogP contribution in [0.15, 0.2) is 18.2 Å². The van der Waals surface area contributed by atoms with Crippen molar-refractivity contribution in [3.8, 4) is 5.75 Å². The van der Waals surface area contributed by atoms with Crippen molar-refractivity contribution in [1.29, 1.82) is 0 Å². The number of morpholine rings is 1. The molecule has 2 unspecified atom stereocenters. The molecule has 0 bridgehead atoms. The van der Waals surface area contributed by atoms with Crippen molar-refractivity contribution in [2.45, 2.75) is 19.1 Å². The molecular weight excluding hydrogens is 268 g/mol. The van der Waals surface area contributed by atoms with Gasteiger partial charge in [0.1, 0.15) is 5.75 Å². The summed E-state index contributed by atoms with van der Waals surface area (Å²) >= 11 is 6.01. The zero-order chi connectivity index (χ0) is 14.0. The summed E-state index contributed by atoms with van der Waals surface area (Å²) in [6, 6.07) is 4.29. The van der Waals surface area contributed by atoms with Gasteiger partial charge in [0, 0.05) is 13.1 Å². The van der Waals surface area contributed by atoms with E-state index in [1.54, 1.807) is 4.90 Å². The quantitative estimate of drug-likeness (QED) is 0.857. The van der Waals surface area contributed by atoms with Crippen molar-refractivity contribution in [2.75, 3.05) is 19.7 Å². The zero-order valence-corrected chi connectivity index (χ0v) is 11.4. The third-order valence-electron chi connectivity index (χ3n) is 3.21. The first kappa shape index (κ1) is 14.1. The van der Waals surface area contributed by atoms with Crippen LogP contribution in [0.25, 0.3) is 0 Å². The number of benzene rings is 1. The number of hydrogen-bond acceptors (Lipinski definition) is 4. The second-order valence-electron chi connectivity index (χ2n) is 4.66. The number of amides is 1. The van der Waals surface area contributed by atoms with Gasteiger partial charge in [-0.1, -0.05) is 11.6 Å². The predicted molar refractivity (Wildman–Crippen MR) is 72.4 cm³/mol. The lowest BCUT2D eigenvalue weighted by atomic mass is 10.1. The number of rotatable bonds is 2. The molecule has 1 aromatic carbocycles. The standard InChI is InChI=1S/C13H17ClN2O3/c1-8-7-19-10(5-15)6-16(8)13(18)11-4-9(17)2-3-12(11)14/h2-4,8,10,17H,5-7,15H2,1H3. The van der Waals surface area contributed by atoms with Gasteiger partial charge in [-0.05, 0) is 25.1 Å². The second kappa shape index (κ2) is 5.77. The molecule has 1 heterocycles. The van der Waals surface area contributed by atoms with E-state index in [1.165, 1.54) is 18.2 Å². The van der Waals surface area contributed by atoms with Crippen molar-refractivity contribution in [1.82, 2.24) is 4.90 Å². The largest absolute Gasteiger partial charge is 0.508 e. The fourth-order valence-electron chi connectivity index (χ4n) is 2.07. The van der Waals surface area contributed by atoms with E-state index in [2.05, 4.69) is 0 Å². The Labute approximate surface area is 116 Å². The van der Waals surface area contributed by atoms with Crippen LogP contribution in [0, 0.1) is 0 Å². The SMILES string of the molecule is CC1COC(CN)CN1C(=O)c1cc(O)ccc1Cl. The number of carbonyl (C=O) groups excluding carboxylic acids is 1. The minimum Gasteiger partial charge on any atom is -0.508 e. The molecule has 3 N–H and O–H groups in total. The first-order chi connectivity index (χ1) is 9.02. The van der Waals surface area contributed by atoms with Crippen LogP contribution in [0.4, 0.5) is 0 Å². The molecule has 1 aliphatic rings. The Balaban J connectivity index is 2.24. The van der Waals surface area contributed by atoms with Crippen molar-refractivity contribution in [2.24, 2.45) is 5.73 Å². The molecule has 0 saturated carbocycles. The number of ether oxygens (including phenoxy) is 1. The van der Waals surface area contributed by atoms with Gasteiger partial charge in [0.05, 0.1) is 29.3 Å². The van der Waals surface area contributed by atoms with Gasteiger partial charge >= 0.3 is 0 Å². The summed E-state index contributed by atoms with van der Waals surface area (Å²) in [6.07, 6.45) is -0.156. The molecule has 0 radical (unpaired) electrons. The molecular formula is C13H17ClN2O3. The molecule has 0 spiro atoms. The van der Waals surface area contributed by atoms with E-state index in [-0.39, 0.29) is 23.8 Å². The molecule has 1 saturated heterocycles. The highest BCUT2D eigenvalue weighted by Crippen LogP contribution is 2.24. The van der Waals surface area contributed by atoms with Gasteiger partial charge in [-0.2, -0.15) is 0 Å². The van der Waals surface area contributed by atoms with Crippen LogP contribution in [0.3, 0.4) is 0 Å². The first-order valence-corrected chi connectivity index (χ1v) is 6.52. The minimum atomic E-state index is -0.213. The monoisotopic (exact) mass is 284 g/mol. The number of nitrogens with two attached hydrogens (primary N) is 1. The van der Waals surface area contributed by atoms with E-state index in [1.807, 2.05) is 6.92 Å². The molecule has 2 atom stereocenters. The average Bonchev–Trinajstić information content (AvgIpc) is 2.41. The highest BCUT2D eigenvalue weighted by atomic mass is 35.5. The number of halogens is 1. The van der Waals surface area contributed by atoms with Crippen LogP contribution < -0.4 is 5.73 Å². The van der Waals surface area contributed by atoms with E-state index in [9.17, 15) is 9.90 Å². The number of hydrogen-bond donors (Lipinski definition) is 2. The molecule has 1 aromatic rings. The Hall–Kier alpha value is -1.30. The molecule has 1 aliphatic heterocycles. The van der Waals surface area contributed by atoms with Crippen LogP contribution in [0.5, 0.6) is 5.75 Å². The Morgan fingerprint density at radius 3 is 3.05 bits per heavy atom. The van der Waals surface area contributed by atoms with Gasteiger partial charge in [0.25, 0.3) is 5.91 Å². The third-order valence-corrected chi connectivity index (χ3v) is 3.54. The molecule has 5 nitrogen and oxygen atoms in total. The fraction of sp³-hybridized carbons (Fsp3) is 0.462. The number of phenolic OH excluding ortho intramolecular Hbond substituents is 1. The Morgan fingerprint density at radius 1 is 1.63 bits per heavy atom. The molecule has 1 amide bonds. The second-order valence-corrected chi connectivity index (χ2v) is 5.07. The summed E-state index contributed by atoms with van der Waals surface area (Å²) in [7, 11) is 0. The number of aromatic hydroxyl groups is 1. The number of phenols is 1. The van der Waals surface area contributed by atoms with Crippen LogP contribution in [0.2, 0.25) is 5.02 Å². The molecule has 1 fully saturated rings. The van der Waals surface area contributed by atoms with E-state index < -0.39 is 0 Å². The molecule has 0 aliphatic carbocycles. The van der Waals surface area contributed by atoms with Crippen LogP contribution in [0.1, 0.15) is 17.3 Å². The van der Waals surface area contributed by atoms with Crippen LogP contribution in [-0.4, -0.2) is 47.8 Å². The topological polar surface area (TPSA) is 75.8 Å². The summed E-state index contributed by atoms with van der Waals surface area (Å²) in [5.41, 5.74) is 5.87. The van der Waals surface area contributed by atoms with E-state index in [0.717, 1.165) is 0 Å². The molecule has 0 aromatic heterocycles. The highest BCUT2D eigenvalue weighted by Gasteiger charge is 2.30. The van der Waals surface area contributed by atoms with Gasteiger partial charge < -0.3 is 20.5 Å².